The van der Waals surface area contributed by atoms with Crippen LogP contribution in [0.1, 0.15) is 13.3 Å². The van der Waals surface area contributed by atoms with Crippen LogP contribution in [0.3, 0.4) is 0 Å². The highest BCUT2D eigenvalue weighted by atomic mass is 17.2. The number of rotatable bonds is 2. The summed E-state index contributed by atoms with van der Waals surface area (Å²) in [6, 6.07) is 0. The fourth-order valence-corrected chi connectivity index (χ4v) is 0.626. The van der Waals surface area contributed by atoms with Crippen LogP contribution in [0.2, 0.25) is 0 Å². The Morgan fingerprint density at radius 3 is 3.09 bits per heavy atom. The third-order valence-electron chi connectivity index (χ3n) is 1.05. The molecule has 5 heteroatoms. The van der Waals surface area contributed by atoms with Crippen molar-refractivity contribution < 1.29 is 24.0 Å². The molecule has 0 aliphatic carbocycles. The minimum absolute atomic E-state index is 0.438. The van der Waals surface area contributed by atoms with E-state index in [1.807, 2.05) is 0 Å². The van der Waals surface area contributed by atoms with E-state index >= 15 is 0 Å². The maximum absolute atomic E-state index is 10.6. The maximum atomic E-state index is 10.6. The van der Waals surface area contributed by atoms with Gasteiger partial charge in [-0.25, -0.2) is 9.68 Å². The first kappa shape index (κ1) is 8.29. The third-order valence-corrected chi connectivity index (χ3v) is 1.05. The van der Waals surface area contributed by atoms with Crippen LogP contribution in [0.25, 0.3) is 0 Å². The predicted molar refractivity (Wildman–Crippen MR) is 33.0 cm³/mol. The Kier molecular flexibility index (Phi) is 3.13. The molecule has 0 aromatic carbocycles. The van der Waals surface area contributed by atoms with Gasteiger partial charge in [-0.1, -0.05) is 0 Å². The molecule has 5 nitrogen and oxygen atoms in total. The Hall–Kier alpha value is -0.810. The molecular weight excluding hydrogens is 152 g/mol. The molecule has 0 saturated carbocycles. The Bertz CT molecular complexity index is 129. The predicted octanol–water partition coefficient (Wildman–Crippen LogP) is 0.999. The van der Waals surface area contributed by atoms with E-state index in [9.17, 15) is 4.79 Å². The van der Waals surface area contributed by atoms with Gasteiger partial charge in [-0.05, 0) is 6.92 Å². The largest absolute Gasteiger partial charge is 0.511 e. The summed E-state index contributed by atoms with van der Waals surface area (Å²) in [6.07, 6.45) is -0.857. The lowest BCUT2D eigenvalue weighted by atomic mass is 10.5. The van der Waals surface area contributed by atoms with Gasteiger partial charge >= 0.3 is 6.16 Å². The molecule has 0 amide bonds. The van der Waals surface area contributed by atoms with Crippen molar-refractivity contribution in [1.82, 2.24) is 0 Å². The molecule has 0 bridgehead atoms. The Balaban J connectivity index is 2.13. The summed E-state index contributed by atoms with van der Waals surface area (Å²) < 4.78 is 8.99. The quantitative estimate of drug-likeness (QED) is 0.446. The molecule has 0 aromatic heterocycles. The fourth-order valence-electron chi connectivity index (χ4n) is 0.626. The number of hydrogen-bond donors (Lipinski definition) is 0. The highest BCUT2D eigenvalue weighted by molar-refractivity contribution is 5.60. The Morgan fingerprint density at radius 2 is 2.55 bits per heavy atom. The van der Waals surface area contributed by atoms with Crippen LogP contribution >= 0.6 is 0 Å². The summed E-state index contributed by atoms with van der Waals surface area (Å²) in [4.78, 5) is 19.6. The van der Waals surface area contributed by atoms with Crippen LogP contribution in [0.4, 0.5) is 4.79 Å². The number of hydrogen-bond acceptors (Lipinski definition) is 5. The highest BCUT2D eigenvalue weighted by Gasteiger charge is 2.21. The lowest BCUT2D eigenvalue weighted by molar-refractivity contribution is -0.317. The summed E-state index contributed by atoms with van der Waals surface area (Å²) in [5, 5.41) is 0. The van der Waals surface area contributed by atoms with Crippen molar-refractivity contribution >= 4 is 6.16 Å². The molecule has 1 heterocycles. The molecular formula is C6H9O5. The summed E-state index contributed by atoms with van der Waals surface area (Å²) in [7, 11) is 0. The average Bonchev–Trinajstić information content (AvgIpc) is 2.40. The molecule has 0 spiro atoms. The van der Waals surface area contributed by atoms with Crippen LogP contribution in [0.15, 0.2) is 0 Å². The van der Waals surface area contributed by atoms with Crippen LogP contribution in [0, 0.1) is 6.61 Å². The monoisotopic (exact) mass is 161 g/mol. The first-order valence-electron chi connectivity index (χ1n) is 3.26. The third kappa shape index (κ3) is 2.73. The second kappa shape index (κ2) is 4.15. The van der Waals surface area contributed by atoms with Gasteiger partial charge in [0, 0.05) is 6.42 Å². The summed E-state index contributed by atoms with van der Waals surface area (Å²) >= 11 is 0. The van der Waals surface area contributed by atoms with Gasteiger partial charge in [-0.3, -0.25) is 0 Å². The molecule has 1 unspecified atom stereocenters. The van der Waals surface area contributed by atoms with E-state index in [-0.39, 0.29) is 0 Å². The second-order valence-electron chi connectivity index (χ2n) is 1.86. The lowest BCUT2D eigenvalue weighted by Crippen LogP contribution is -2.16. The zero-order valence-corrected chi connectivity index (χ0v) is 6.11. The van der Waals surface area contributed by atoms with Crippen LogP contribution in [-0.4, -0.2) is 19.1 Å². The molecule has 63 valence electrons. The van der Waals surface area contributed by atoms with Crippen molar-refractivity contribution in [1.29, 1.82) is 0 Å². The van der Waals surface area contributed by atoms with E-state index in [2.05, 4.69) is 19.2 Å². The first-order chi connectivity index (χ1) is 5.33. The molecule has 1 aliphatic heterocycles. The fraction of sp³-hybridized carbons (Fsp3) is 0.667. The highest BCUT2D eigenvalue weighted by Crippen LogP contribution is 2.10. The van der Waals surface area contributed by atoms with Gasteiger partial charge in [-0.2, -0.15) is 4.89 Å². The van der Waals surface area contributed by atoms with Crippen molar-refractivity contribution in [3.8, 4) is 0 Å². The minimum Gasteiger partial charge on any atom is -0.427 e. The lowest BCUT2D eigenvalue weighted by Gasteiger charge is -2.07. The molecule has 11 heavy (non-hydrogen) atoms. The SMILES string of the molecule is C[CH]OC(=O)OC1CCOO1. The summed E-state index contributed by atoms with van der Waals surface area (Å²) in [5.74, 6) is 0. The van der Waals surface area contributed by atoms with Crippen molar-refractivity contribution in [2.24, 2.45) is 0 Å². The molecule has 1 fully saturated rings. The second-order valence-corrected chi connectivity index (χ2v) is 1.86. The van der Waals surface area contributed by atoms with Crippen LogP contribution in [0.5, 0.6) is 0 Å². The van der Waals surface area contributed by atoms with Gasteiger partial charge in [-0.15, -0.1) is 0 Å². The van der Waals surface area contributed by atoms with Gasteiger partial charge in [0.05, 0.1) is 6.61 Å². The van der Waals surface area contributed by atoms with Crippen molar-refractivity contribution in [3.63, 3.8) is 0 Å². The first-order valence-corrected chi connectivity index (χ1v) is 3.26. The maximum Gasteiger partial charge on any atom is 0.511 e. The van der Waals surface area contributed by atoms with E-state index in [0.717, 1.165) is 0 Å². The normalized spacial score (nSPS) is 23.2. The summed E-state index contributed by atoms with van der Waals surface area (Å²) in [6.45, 7) is 3.25. The topological polar surface area (TPSA) is 54.0 Å². The molecule has 1 radical (unpaired) electrons. The van der Waals surface area contributed by atoms with Crippen LogP contribution in [-0.2, 0) is 19.2 Å². The molecule has 0 N–H and O–H groups in total. The smallest absolute Gasteiger partial charge is 0.427 e. The van der Waals surface area contributed by atoms with E-state index in [1.165, 1.54) is 6.61 Å². The van der Waals surface area contributed by atoms with Gasteiger partial charge in [0.15, 0.2) is 0 Å². The minimum atomic E-state index is -0.775. The van der Waals surface area contributed by atoms with E-state index in [4.69, 9.17) is 0 Å². The van der Waals surface area contributed by atoms with Gasteiger partial charge < -0.3 is 9.47 Å². The van der Waals surface area contributed by atoms with Crippen molar-refractivity contribution in [3.05, 3.63) is 6.61 Å². The number of carbonyl (C=O) groups is 1. The van der Waals surface area contributed by atoms with Gasteiger partial charge in [0.25, 0.3) is 0 Å². The van der Waals surface area contributed by atoms with Crippen LogP contribution < -0.4 is 0 Å². The summed E-state index contributed by atoms with van der Waals surface area (Å²) in [5.41, 5.74) is 0. The van der Waals surface area contributed by atoms with E-state index < -0.39 is 12.4 Å². The zero-order chi connectivity index (χ0) is 8.10. The molecule has 1 aliphatic rings. The van der Waals surface area contributed by atoms with E-state index in [1.54, 1.807) is 6.92 Å². The molecule has 1 saturated heterocycles. The van der Waals surface area contributed by atoms with Gasteiger partial charge in [0.1, 0.15) is 6.61 Å². The zero-order valence-electron chi connectivity index (χ0n) is 6.11. The van der Waals surface area contributed by atoms with Crippen molar-refractivity contribution in [2.45, 2.75) is 19.6 Å². The molecule has 0 aromatic rings. The van der Waals surface area contributed by atoms with E-state index in [0.29, 0.717) is 13.0 Å². The Labute approximate surface area is 64.1 Å². The van der Waals surface area contributed by atoms with Crippen molar-refractivity contribution in [2.75, 3.05) is 6.61 Å². The standard InChI is InChI=1S/C6H9O5/c1-2-8-6(7)10-5-3-4-9-11-5/h2,5H,3-4H2,1H3. The average molecular weight is 161 g/mol. The molecule has 1 atom stereocenters. The number of carbonyl (C=O) groups excluding carboxylic acids is 1. The Morgan fingerprint density at radius 1 is 1.73 bits per heavy atom. The number of ether oxygens (including phenoxy) is 2. The molecule has 1 rings (SSSR count). The van der Waals surface area contributed by atoms with Gasteiger partial charge in [0.2, 0.25) is 6.29 Å².